The van der Waals surface area contributed by atoms with Gasteiger partial charge in [-0.3, -0.25) is 28.8 Å². The zero-order chi connectivity index (χ0) is 114. The van der Waals surface area contributed by atoms with E-state index in [1.165, 1.54) is 62.9 Å². The summed E-state index contributed by atoms with van der Waals surface area (Å²) in [6, 6.07) is 79.0. The van der Waals surface area contributed by atoms with Crippen LogP contribution >= 0.6 is 0 Å². The minimum atomic E-state index is -0.982. The Bertz CT molecular complexity index is 4520. The molecule has 14 heteroatoms. The fraction of sp³-hybridized carbons (Fsp3) is 0.564. The Balaban J connectivity index is -0.000000505. The van der Waals surface area contributed by atoms with Crippen LogP contribution < -0.4 is 4.74 Å². The number of allylic oxidation sites excluding steroid dienone is 1. The van der Waals surface area contributed by atoms with Gasteiger partial charge < -0.3 is 28.4 Å². The van der Waals surface area contributed by atoms with Crippen molar-refractivity contribution >= 4 is 53.2 Å². The molecule has 0 atom stereocenters. The second-order valence-electron chi connectivity index (χ2n) is 48.0. The third-order valence-corrected chi connectivity index (χ3v) is 33.1. The van der Waals surface area contributed by atoms with Crippen molar-refractivity contribution in [3.63, 3.8) is 0 Å². The molecule has 0 saturated heterocycles. The quantitative estimate of drug-likeness (QED) is 0.0114. The molecule has 8 aromatic carbocycles. The fourth-order valence-corrected chi connectivity index (χ4v) is 15.5. The number of Topliss-reactive ketones (excluding diaryl/α,β-unsaturated/α-hetero) is 1. The number of fused-ring (bicyclic) bond motifs is 3. The highest BCUT2D eigenvalue weighted by molar-refractivity contribution is 6.81. The number of hydrogen-bond donors (Lipinski definition) is 0. The minimum absolute atomic E-state index is 0.0105. The zero-order valence-corrected chi connectivity index (χ0v) is 104. The SMILES string of the molecule is C=CCC(C)C.C=CCOC(=O)C(C)C.CC(=O)C(C)C.CC(C)C.CC(C)C(=O)OC(C)(C)C.CC(C)C(=O)OCC1c2ccccc2-c2ccccc21.CC(C)C(=O)OCC[SiH2]C(C)(C)C.CC(C)C(=O)OCc1ccccc1.CC(C)C(C)(C)C.CC(C)C(c1ccccc1)(c1ccccc1)c1ccccc1.CC(C)Cc1ccccc1.CC(C)[Si](C)(C)C(C)(C)C.CCC(C)C.COc1ccc(CC(C)C)cc1. The lowest BCUT2D eigenvalue weighted by Gasteiger charge is -2.40. The maximum atomic E-state index is 11.7. The Kier molecular flexibility index (Phi) is 79.0. The average molecular weight is 2060 g/mol. The van der Waals surface area contributed by atoms with Crippen LogP contribution in [0, 0.1) is 82.3 Å². The van der Waals surface area contributed by atoms with Crippen molar-refractivity contribution in [1.82, 2.24) is 0 Å². The van der Waals surface area contributed by atoms with Crippen LogP contribution in [0.2, 0.25) is 34.8 Å². The molecule has 0 aromatic heterocycles. The van der Waals surface area contributed by atoms with Gasteiger partial charge in [-0.05, 0) is 178 Å². The normalized spacial score (nSPS) is 11.4. The Morgan fingerprint density at radius 1 is 0.381 bits per heavy atom. The smallest absolute Gasteiger partial charge is 0.308 e. The van der Waals surface area contributed by atoms with Gasteiger partial charge in [-0.15, -0.1) is 6.58 Å². The summed E-state index contributed by atoms with van der Waals surface area (Å²) in [6.07, 6.45) is 8.29. The van der Waals surface area contributed by atoms with E-state index in [1.807, 2.05) is 151 Å². The fourth-order valence-electron chi connectivity index (χ4n) is 12.5. The van der Waals surface area contributed by atoms with Gasteiger partial charge in [0.15, 0.2) is 0 Å². The van der Waals surface area contributed by atoms with Gasteiger partial charge in [0.05, 0.1) is 51.4 Å². The summed E-state index contributed by atoms with van der Waals surface area (Å²) in [5, 5.41) is 1.03. The molecule has 9 rings (SSSR count). The van der Waals surface area contributed by atoms with Crippen LogP contribution in [0.4, 0.5) is 0 Å². The van der Waals surface area contributed by atoms with Crippen LogP contribution in [0.15, 0.2) is 250 Å². The Labute approximate surface area is 906 Å². The van der Waals surface area contributed by atoms with Crippen LogP contribution in [0.1, 0.15) is 361 Å². The van der Waals surface area contributed by atoms with Crippen LogP contribution in [0.5, 0.6) is 5.75 Å². The molecular weight excluding hydrogens is 1850 g/mol. The van der Waals surface area contributed by atoms with Gasteiger partial charge in [0.1, 0.15) is 37.0 Å². The van der Waals surface area contributed by atoms with Crippen molar-refractivity contribution < 1.29 is 57.2 Å². The first-order valence-corrected chi connectivity index (χ1v) is 59.5. The highest BCUT2D eigenvalue weighted by Crippen LogP contribution is 2.47. The third-order valence-electron chi connectivity index (χ3n) is 24.2. The maximum Gasteiger partial charge on any atom is 0.308 e. The van der Waals surface area contributed by atoms with Gasteiger partial charge in [-0.1, -0.05) is 526 Å². The topological polar surface area (TPSA) is 158 Å². The van der Waals surface area contributed by atoms with Crippen LogP contribution in [0.3, 0.4) is 0 Å². The van der Waals surface area contributed by atoms with Crippen molar-refractivity contribution in [2.24, 2.45) is 82.3 Å². The Hall–Kier alpha value is -9.51. The van der Waals surface area contributed by atoms with Gasteiger partial charge in [0, 0.05) is 26.8 Å². The first kappa shape index (κ1) is 146. The summed E-state index contributed by atoms with van der Waals surface area (Å²) in [7, 11) is 0.615. The lowest BCUT2D eigenvalue weighted by atomic mass is 9.63. The van der Waals surface area contributed by atoms with Crippen LogP contribution in [0.25, 0.3) is 11.1 Å². The van der Waals surface area contributed by atoms with E-state index < -0.39 is 8.07 Å². The molecule has 0 N–H and O–H groups in total. The van der Waals surface area contributed by atoms with Crippen molar-refractivity contribution in [3.05, 3.63) is 294 Å². The van der Waals surface area contributed by atoms with Gasteiger partial charge >= 0.3 is 29.8 Å². The van der Waals surface area contributed by atoms with Crippen molar-refractivity contribution in [3.8, 4) is 16.9 Å². The van der Waals surface area contributed by atoms with Crippen LogP contribution in [-0.4, -0.2) is 85.8 Å². The van der Waals surface area contributed by atoms with E-state index >= 15 is 0 Å². The molecule has 0 saturated carbocycles. The van der Waals surface area contributed by atoms with Gasteiger partial charge in [-0.25, -0.2) is 0 Å². The molecule has 0 bridgehead atoms. The molecule has 0 radical (unpaired) electrons. The van der Waals surface area contributed by atoms with E-state index in [-0.39, 0.29) is 97.6 Å². The van der Waals surface area contributed by atoms with Gasteiger partial charge in [0.25, 0.3) is 0 Å². The number of esters is 5. The molecule has 147 heavy (non-hydrogen) atoms. The number of benzene rings is 8. The molecule has 0 aliphatic heterocycles. The lowest BCUT2D eigenvalue weighted by molar-refractivity contribution is -0.158. The van der Waals surface area contributed by atoms with Crippen molar-refractivity contribution in [2.75, 3.05) is 26.9 Å². The third kappa shape index (κ3) is 71.8. The average Bonchev–Trinajstić information content (AvgIpc) is 0.835. The minimum Gasteiger partial charge on any atom is -0.497 e. The molecule has 8 aromatic rings. The Morgan fingerprint density at radius 2 is 0.694 bits per heavy atom. The number of ketones is 1. The summed E-state index contributed by atoms with van der Waals surface area (Å²) in [6.45, 7) is 104. The molecule has 0 amide bonds. The molecule has 0 fully saturated rings. The first-order chi connectivity index (χ1) is 68.0. The molecule has 12 nitrogen and oxygen atoms in total. The molecular formula is C133H216O12Si2. The molecule has 0 unspecified atom stereocenters. The highest BCUT2D eigenvalue weighted by atomic mass is 28.3. The number of rotatable bonds is 28. The standard InChI is InChI=1S/C22H22.C18H18O2.C11H14O2.C11H16O.C10H22O2Si.C10H14.C9H22Si.C8H16O2.C7H12O2.C7H16.C6H12.C5H10O.C5H12.C4H10/c1-18(2)22(19-12-6-3-7-13-19,20-14-8-4-9-15-20)21-16-10-5-11-17-21;1-12(2)18(19)20-11-17-15-9-5-3-7-13(15)14-8-4-6-10-16(14)17;1-9(2)11(12)13-8-10-6-4-3-5-7-10;1-9(2)8-10-4-6-11(12-3)7-5-10;1-8(2)9(11)12-6-7-13-10(3,4)5;1-9(2)8-10-6-4-3-5-7-10;1-8(2)10(6,7)9(3,4)5;1-6(2)7(9)10-8(3,4)5;1-4-5-9-7(8)6(2)3;1-6(2)7(3,4)5;1-4-5-6(2)3;1-4(2)5(3)6;1-4-5(2)3;1-4(2)3/h3-18H,1-2H3;3-10,12,17H,11H2,1-2H3;3-7,9H,8H2,1-2H3;4-7,9H,8H2,1-3H3;8H,6-7,13H2,1-5H3;3-7,9H,8H2,1-2H3;8H,1-7H3;6H,1-5H3;4,6H,1,5H2,2-3H3;6H,1-5H3;4,6H,1,5H2,2-3H3;4H,1-3H3;5H,4H2,1-3H3;4H,1-3H3. The second kappa shape index (κ2) is 79.5. The second-order valence-corrected chi connectivity index (χ2v) is 57.4. The summed E-state index contributed by atoms with van der Waals surface area (Å²) in [5.41, 5.74) is 13.8. The predicted molar refractivity (Wildman–Crippen MR) is 644 cm³/mol. The molecule has 1 aliphatic rings. The van der Waals surface area contributed by atoms with Crippen LogP contribution in [-0.2, 0) is 77.3 Å². The van der Waals surface area contributed by atoms with E-state index in [0.29, 0.717) is 47.8 Å². The van der Waals surface area contributed by atoms with E-state index in [4.69, 9.17) is 28.4 Å². The molecule has 0 heterocycles. The summed E-state index contributed by atoms with van der Waals surface area (Å²) in [4.78, 5) is 65.6. The highest BCUT2D eigenvalue weighted by Gasteiger charge is 2.40. The molecule has 1 aliphatic carbocycles. The number of methoxy groups -OCH3 is 1. The number of carbonyl (C=O) groups excluding carboxylic acids is 6. The monoisotopic (exact) mass is 2060 g/mol. The summed E-state index contributed by atoms with van der Waals surface area (Å²) in [5.74, 6) is 5.95. The number of ether oxygens (including phenoxy) is 6. The van der Waals surface area contributed by atoms with Crippen molar-refractivity contribution in [1.29, 1.82) is 0 Å². The largest absolute Gasteiger partial charge is 0.497 e. The first-order valence-electron chi connectivity index (χ1n) is 54.7. The lowest BCUT2D eigenvalue weighted by Crippen LogP contribution is -2.39. The van der Waals surface area contributed by atoms with Crippen molar-refractivity contribution in [2.45, 2.75) is 382 Å². The zero-order valence-electron chi connectivity index (χ0n) is 102. The molecule has 0 spiro atoms. The van der Waals surface area contributed by atoms with E-state index in [2.05, 4.69) is 383 Å². The summed E-state index contributed by atoms with van der Waals surface area (Å²) >= 11 is 0. The number of carbonyl (C=O) groups is 6. The van der Waals surface area contributed by atoms with E-state index in [9.17, 15) is 28.8 Å². The maximum absolute atomic E-state index is 11.7. The van der Waals surface area contributed by atoms with E-state index in [1.54, 1.807) is 34.0 Å². The van der Waals surface area contributed by atoms with E-state index in [0.717, 1.165) is 71.2 Å². The molecule has 828 valence electrons. The summed E-state index contributed by atoms with van der Waals surface area (Å²) < 4.78 is 30.4. The Morgan fingerprint density at radius 3 is 0.946 bits per heavy atom. The van der Waals surface area contributed by atoms with Gasteiger partial charge in [0.2, 0.25) is 0 Å². The number of hydrogen-bond acceptors (Lipinski definition) is 12. The predicted octanol–water partition coefficient (Wildman–Crippen LogP) is 36.9. The van der Waals surface area contributed by atoms with Gasteiger partial charge in [-0.2, -0.15) is 0 Å².